The van der Waals surface area contributed by atoms with Crippen molar-refractivity contribution in [2.75, 3.05) is 12.0 Å². The molecule has 0 fully saturated rings. The molecule has 0 saturated carbocycles. The van der Waals surface area contributed by atoms with E-state index in [9.17, 15) is 9.18 Å². The molecule has 100 valence electrons. The van der Waals surface area contributed by atoms with Crippen LogP contribution in [0.1, 0.15) is 10.4 Å². The second kappa shape index (κ2) is 5.91. The van der Waals surface area contributed by atoms with Gasteiger partial charge in [-0.05, 0) is 6.07 Å². The maximum atomic E-state index is 13.7. The van der Waals surface area contributed by atoms with Crippen molar-refractivity contribution >= 4 is 11.7 Å². The quantitative estimate of drug-likeness (QED) is 0.527. The smallest absolute Gasteiger partial charge is 0.254 e. The second-order valence-electron chi connectivity index (χ2n) is 3.72. The van der Waals surface area contributed by atoms with Gasteiger partial charge in [0.25, 0.3) is 5.91 Å². The summed E-state index contributed by atoms with van der Waals surface area (Å²) in [6, 6.07) is 1.29. The molecule has 4 N–H and O–H groups in total. The Morgan fingerprint density at radius 2 is 2.32 bits per heavy atom. The topological polar surface area (TPSA) is 97.9 Å². The van der Waals surface area contributed by atoms with Crippen molar-refractivity contribution in [2.24, 2.45) is 5.84 Å². The van der Waals surface area contributed by atoms with Gasteiger partial charge in [-0.25, -0.2) is 20.2 Å². The normalized spacial score (nSPS) is 10.2. The predicted octanol–water partition coefficient (Wildman–Crippen LogP) is 0.133. The van der Waals surface area contributed by atoms with Gasteiger partial charge in [-0.1, -0.05) is 0 Å². The summed E-state index contributed by atoms with van der Waals surface area (Å²) in [5.41, 5.74) is 1.99. The number of amides is 1. The molecule has 1 amide bonds. The number of nitrogen functional groups attached to an aromatic ring is 1. The number of imidazole rings is 1. The zero-order chi connectivity index (χ0) is 13.7. The number of aromatic nitrogens is 3. The molecule has 8 heteroatoms. The Bertz CT molecular complexity index is 556. The monoisotopic (exact) mass is 264 g/mol. The van der Waals surface area contributed by atoms with Crippen LogP contribution in [0.4, 0.5) is 10.2 Å². The van der Waals surface area contributed by atoms with Gasteiger partial charge in [0.05, 0.1) is 11.9 Å². The lowest BCUT2D eigenvalue weighted by atomic mass is 10.2. The Hall–Kier alpha value is -2.48. The van der Waals surface area contributed by atoms with Gasteiger partial charge >= 0.3 is 0 Å². The molecule has 2 aromatic heterocycles. The Balaban J connectivity index is 1.96. The molecule has 0 aromatic carbocycles. The van der Waals surface area contributed by atoms with Gasteiger partial charge in [0.2, 0.25) is 0 Å². The number of nitrogens with two attached hydrogens (primary N) is 1. The second-order valence-corrected chi connectivity index (χ2v) is 3.72. The predicted molar refractivity (Wildman–Crippen MR) is 66.6 cm³/mol. The maximum absolute atomic E-state index is 13.7. The van der Waals surface area contributed by atoms with Crippen LogP contribution in [-0.4, -0.2) is 27.0 Å². The third kappa shape index (κ3) is 3.05. The van der Waals surface area contributed by atoms with Crippen molar-refractivity contribution < 1.29 is 9.18 Å². The molecule has 0 aliphatic rings. The van der Waals surface area contributed by atoms with Gasteiger partial charge in [-0.15, -0.1) is 0 Å². The number of halogens is 1. The molecule has 0 aliphatic heterocycles. The number of anilines is 1. The highest BCUT2D eigenvalue weighted by Gasteiger charge is 2.14. The van der Waals surface area contributed by atoms with Crippen LogP contribution in [0, 0.1) is 5.82 Å². The van der Waals surface area contributed by atoms with Crippen LogP contribution < -0.4 is 16.6 Å². The van der Waals surface area contributed by atoms with Gasteiger partial charge in [0, 0.05) is 31.7 Å². The lowest BCUT2D eigenvalue weighted by molar-refractivity contribution is 0.0948. The number of rotatable bonds is 5. The number of nitrogens with zero attached hydrogens (tertiary/aromatic N) is 3. The molecule has 2 heterocycles. The number of hydrogen-bond acceptors (Lipinski definition) is 5. The Labute approximate surface area is 108 Å². The highest BCUT2D eigenvalue weighted by Crippen LogP contribution is 2.13. The van der Waals surface area contributed by atoms with Gasteiger partial charge in [0.15, 0.2) is 11.6 Å². The number of carbonyl (C=O) groups excluding carboxylic acids is 1. The van der Waals surface area contributed by atoms with E-state index in [0.29, 0.717) is 13.1 Å². The summed E-state index contributed by atoms with van der Waals surface area (Å²) in [5, 5.41) is 2.61. The van der Waals surface area contributed by atoms with Crippen molar-refractivity contribution in [2.45, 2.75) is 6.54 Å². The first kappa shape index (κ1) is 13.0. The van der Waals surface area contributed by atoms with Crippen LogP contribution in [0.5, 0.6) is 0 Å². The molecular weight excluding hydrogens is 251 g/mol. The number of hydrazine groups is 1. The van der Waals surface area contributed by atoms with Crippen molar-refractivity contribution in [1.29, 1.82) is 0 Å². The molecule has 19 heavy (non-hydrogen) atoms. The highest BCUT2D eigenvalue weighted by atomic mass is 19.1. The first-order valence-electron chi connectivity index (χ1n) is 5.57. The lowest BCUT2D eigenvalue weighted by Gasteiger charge is -2.08. The van der Waals surface area contributed by atoms with E-state index >= 15 is 0 Å². The van der Waals surface area contributed by atoms with Crippen molar-refractivity contribution in [3.63, 3.8) is 0 Å². The van der Waals surface area contributed by atoms with Crippen LogP contribution in [0.25, 0.3) is 0 Å². The summed E-state index contributed by atoms with van der Waals surface area (Å²) in [6.07, 6.45) is 6.36. The fourth-order valence-electron chi connectivity index (χ4n) is 1.53. The van der Waals surface area contributed by atoms with Crippen LogP contribution in [0.3, 0.4) is 0 Å². The summed E-state index contributed by atoms with van der Waals surface area (Å²) in [7, 11) is 0. The van der Waals surface area contributed by atoms with Crippen molar-refractivity contribution in [3.8, 4) is 0 Å². The van der Waals surface area contributed by atoms with Crippen molar-refractivity contribution in [1.82, 2.24) is 19.9 Å². The number of nitrogens with one attached hydrogen (secondary N) is 2. The van der Waals surface area contributed by atoms with E-state index in [1.165, 1.54) is 12.3 Å². The number of hydrogen-bond donors (Lipinski definition) is 3. The summed E-state index contributed by atoms with van der Waals surface area (Å²) >= 11 is 0. The van der Waals surface area contributed by atoms with E-state index in [1.807, 2.05) is 0 Å². The molecule has 0 saturated heterocycles. The Morgan fingerprint density at radius 3 is 3.00 bits per heavy atom. The molecule has 0 spiro atoms. The number of pyridine rings is 1. The van der Waals surface area contributed by atoms with Crippen LogP contribution >= 0.6 is 0 Å². The van der Waals surface area contributed by atoms with Crippen molar-refractivity contribution in [3.05, 3.63) is 42.4 Å². The zero-order valence-electron chi connectivity index (χ0n) is 10.0. The SMILES string of the molecule is NNc1nccc(C(=O)NCCn2ccnc2)c1F. The third-order valence-electron chi connectivity index (χ3n) is 2.49. The average molecular weight is 264 g/mol. The molecule has 0 unspecified atom stereocenters. The van der Waals surface area contributed by atoms with Gasteiger partial charge < -0.3 is 15.3 Å². The first-order chi connectivity index (χ1) is 9.22. The molecule has 2 rings (SSSR count). The van der Waals surface area contributed by atoms with E-state index in [-0.39, 0.29) is 11.4 Å². The molecular formula is C11H13FN6O. The van der Waals surface area contributed by atoms with Gasteiger partial charge in [-0.3, -0.25) is 4.79 Å². The molecule has 0 radical (unpaired) electrons. The van der Waals surface area contributed by atoms with Gasteiger partial charge in [-0.2, -0.15) is 0 Å². The van der Waals surface area contributed by atoms with E-state index in [4.69, 9.17) is 5.84 Å². The summed E-state index contributed by atoms with van der Waals surface area (Å²) < 4.78 is 15.5. The fraction of sp³-hybridized carbons (Fsp3) is 0.182. The van der Waals surface area contributed by atoms with Gasteiger partial charge in [0.1, 0.15) is 0 Å². The van der Waals surface area contributed by atoms with Crippen LogP contribution in [0.2, 0.25) is 0 Å². The highest BCUT2D eigenvalue weighted by molar-refractivity contribution is 5.95. The number of carbonyl (C=O) groups is 1. The third-order valence-corrected chi connectivity index (χ3v) is 2.49. The Kier molecular flexibility index (Phi) is 4.04. The average Bonchev–Trinajstić information content (AvgIpc) is 2.92. The first-order valence-corrected chi connectivity index (χ1v) is 5.57. The minimum absolute atomic E-state index is 0.103. The molecule has 0 atom stereocenters. The summed E-state index contributed by atoms with van der Waals surface area (Å²) in [6.45, 7) is 0.919. The fourth-order valence-corrected chi connectivity index (χ4v) is 1.53. The van der Waals surface area contributed by atoms with E-state index < -0.39 is 11.7 Å². The van der Waals surface area contributed by atoms with E-state index in [1.54, 1.807) is 23.3 Å². The molecule has 0 aliphatic carbocycles. The maximum Gasteiger partial charge on any atom is 0.254 e. The Morgan fingerprint density at radius 1 is 1.47 bits per heavy atom. The largest absolute Gasteiger partial charge is 0.350 e. The molecule has 0 bridgehead atoms. The summed E-state index contributed by atoms with van der Waals surface area (Å²) in [5.74, 6) is 3.63. The standard InChI is InChI=1S/C11H13FN6O/c12-9-8(1-2-15-10(9)17-13)11(19)16-4-6-18-5-3-14-7-18/h1-3,5,7H,4,6,13H2,(H,15,17)(H,16,19). The van der Waals surface area contributed by atoms with Crippen LogP contribution in [-0.2, 0) is 6.54 Å². The lowest BCUT2D eigenvalue weighted by Crippen LogP contribution is -2.28. The van der Waals surface area contributed by atoms with E-state index in [2.05, 4.69) is 20.7 Å². The zero-order valence-corrected chi connectivity index (χ0v) is 10.0. The molecule has 7 nitrogen and oxygen atoms in total. The van der Waals surface area contributed by atoms with E-state index in [0.717, 1.165) is 0 Å². The summed E-state index contributed by atoms with van der Waals surface area (Å²) in [4.78, 5) is 19.3. The van der Waals surface area contributed by atoms with Crippen LogP contribution in [0.15, 0.2) is 31.0 Å². The molecule has 2 aromatic rings. The minimum atomic E-state index is -0.773. The minimum Gasteiger partial charge on any atom is -0.350 e.